The van der Waals surface area contributed by atoms with Gasteiger partial charge in [0.25, 0.3) is 5.91 Å². The van der Waals surface area contributed by atoms with Gasteiger partial charge in [0.15, 0.2) is 0 Å². The minimum absolute atomic E-state index is 0.166. The van der Waals surface area contributed by atoms with Gasteiger partial charge in [-0.05, 0) is 55.2 Å². The third-order valence-corrected chi connectivity index (χ3v) is 4.90. The van der Waals surface area contributed by atoms with Crippen LogP contribution in [0.2, 0.25) is 0 Å². The van der Waals surface area contributed by atoms with E-state index in [-0.39, 0.29) is 5.91 Å². The minimum atomic E-state index is -0.621. The van der Waals surface area contributed by atoms with Crippen LogP contribution < -0.4 is 0 Å². The second-order valence-electron chi connectivity index (χ2n) is 6.53. The smallest absolute Gasteiger partial charge is 0.256 e. The summed E-state index contributed by atoms with van der Waals surface area (Å²) in [5.74, 6) is -1.33. The van der Waals surface area contributed by atoms with Crippen LogP contribution in [-0.2, 0) is 6.42 Å². The van der Waals surface area contributed by atoms with Gasteiger partial charge in [-0.15, -0.1) is 0 Å². The van der Waals surface area contributed by atoms with Crippen molar-refractivity contribution in [1.82, 2.24) is 15.1 Å². The molecule has 0 radical (unpaired) electrons. The number of nitrogens with zero attached hydrogens (tertiary/aromatic N) is 2. The fourth-order valence-electron chi connectivity index (χ4n) is 3.66. The number of fused-ring (bicyclic) bond motifs is 2. The van der Waals surface area contributed by atoms with Gasteiger partial charge in [0, 0.05) is 18.0 Å². The Morgan fingerprint density at radius 1 is 1.28 bits per heavy atom. The van der Waals surface area contributed by atoms with E-state index >= 15 is 0 Å². The first kappa shape index (κ1) is 15.7. The zero-order valence-electron chi connectivity index (χ0n) is 13.9. The van der Waals surface area contributed by atoms with Crippen molar-refractivity contribution in [3.8, 4) is 0 Å². The number of rotatable bonds is 1. The van der Waals surface area contributed by atoms with Gasteiger partial charge in [0.1, 0.15) is 11.6 Å². The molecule has 6 heteroatoms. The summed E-state index contributed by atoms with van der Waals surface area (Å²) in [6.45, 7) is 4.11. The molecule has 1 unspecified atom stereocenters. The van der Waals surface area contributed by atoms with Crippen LogP contribution in [0.3, 0.4) is 0 Å². The molecule has 2 aromatic carbocycles. The molecule has 1 amide bonds. The molecule has 128 valence electrons. The number of nitrogens with one attached hydrogen (secondary N) is 1. The van der Waals surface area contributed by atoms with Crippen molar-refractivity contribution < 1.29 is 13.6 Å². The van der Waals surface area contributed by atoms with E-state index in [2.05, 4.69) is 10.2 Å². The van der Waals surface area contributed by atoms with Crippen molar-refractivity contribution in [2.24, 2.45) is 0 Å². The molecule has 25 heavy (non-hydrogen) atoms. The van der Waals surface area contributed by atoms with Gasteiger partial charge in [-0.1, -0.05) is 0 Å². The number of carbonyl (C=O) groups is 1. The lowest BCUT2D eigenvalue weighted by molar-refractivity contribution is 0.0677. The highest BCUT2D eigenvalue weighted by molar-refractivity contribution is 6.06. The number of carbonyl (C=O) groups excluding carboxylic acids is 1. The van der Waals surface area contributed by atoms with E-state index in [1.54, 1.807) is 18.0 Å². The molecule has 0 fully saturated rings. The van der Waals surface area contributed by atoms with Crippen LogP contribution in [-0.4, -0.2) is 27.5 Å². The van der Waals surface area contributed by atoms with Gasteiger partial charge in [-0.3, -0.25) is 9.89 Å². The maximum Gasteiger partial charge on any atom is 0.256 e. The molecule has 0 spiro atoms. The van der Waals surface area contributed by atoms with Gasteiger partial charge >= 0.3 is 0 Å². The van der Waals surface area contributed by atoms with Crippen LogP contribution >= 0.6 is 0 Å². The molecular weight excluding hydrogens is 324 g/mol. The van der Waals surface area contributed by atoms with E-state index < -0.39 is 17.7 Å². The summed E-state index contributed by atoms with van der Waals surface area (Å²) in [5.41, 5.74) is 3.19. The monoisotopic (exact) mass is 341 g/mol. The Bertz CT molecular complexity index is 996. The van der Waals surface area contributed by atoms with E-state index in [1.807, 2.05) is 19.1 Å². The van der Waals surface area contributed by atoms with Gasteiger partial charge < -0.3 is 4.90 Å². The first-order valence-corrected chi connectivity index (χ1v) is 8.18. The largest absolute Gasteiger partial charge is 0.331 e. The minimum Gasteiger partial charge on any atom is -0.331 e. The molecule has 4 nitrogen and oxygen atoms in total. The Labute approximate surface area is 143 Å². The first-order valence-electron chi connectivity index (χ1n) is 8.18. The third kappa shape index (κ3) is 2.49. The molecule has 0 saturated heterocycles. The molecule has 1 atom stereocenters. The van der Waals surface area contributed by atoms with Crippen LogP contribution in [0.5, 0.6) is 0 Å². The van der Waals surface area contributed by atoms with Crippen LogP contribution in [0.1, 0.15) is 40.0 Å². The molecule has 0 saturated carbocycles. The SMILES string of the molecule is Cc1cc(C(=O)N2CCc3c(F)cc(F)cc3C2C)c2[nH]ncc2c1. The fourth-order valence-corrected chi connectivity index (χ4v) is 3.66. The second-order valence-corrected chi connectivity index (χ2v) is 6.53. The number of H-pyrrole nitrogens is 1. The number of hydrogen-bond donors (Lipinski definition) is 1. The summed E-state index contributed by atoms with van der Waals surface area (Å²) in [4.78, 5) is 14.8. The summed E-state index contributed by atoms with van der Waals surface area (Å²) in [7, 11) is 0. The topological polar surface area (TPSA) is 49.0 Å². The number of halogens is 2. The van der Waals surface area contributed by atoms with Crippen molar-refractivity contribution in [2.45, 2.75) is 26.3 Å². The van der Waals surface area contributed by atoms with Gasteiger partial charge in [-0.2, -0.15) is 5.10 Å². The van der Waals surface area contributed by atoms with Gasteiger partial charge in [-0.25, -0.2) is 8.78 Å². The van der Waals surface area contributed by atoms with Gasteiger partial charge in [0.2, 0.25) is 0 Å². The first-order chi connectivity index (χ1) is 12.0. The van der Waals surface area contributed by atoms with Crippen LogP contribution in [0.15, 0.2) is 30.5 Å². The number of benzene rings is 2. The number of aromatic amines is 1. The van der Waals surface area contributed by atoms with E-state index in [0.29, 0.717) is 35.2 Å². The number of aryl methyl sites for hydroxylation is 1. The van der Waals surface area contributed by atoms with E-state index in [1.165, 1.54) is 6.07 Å². The predicted molar refractivity (Wildman–Crippen MR) is 90.3 cm³/mol. The van der Waals surface area contributed by atoms with Crippen LogP contribution in [0.4, 0.5) is 8.78 Å². The maximum absolute atomic E-state index is 14.0. The predicted octanol–water partition coefficient (Wildman–Crippen LogP) is 3.91. The van der Waals surface area contributed by atoms with Crippen molar-refractivity contribution in [3.63, 3.8) is 0 Å². The molecule has 0 bridgehead atoms. The molecule has 1 aliphatic rings. The molecule has 1 aromatic heterocycles. The molecule has 4 rings (SSSR count). The van der Waals surface area contributed by atoms with E-state index in [4.69, 9.17) is 0 Å². The maximum atomic E-state index is 14.0. The normalized spacial score (nSPS) is 17.0. The van der Waals surface area contributed by atoms with Crippen molar-refractivity contribution in [3.05, 3.63) is 64.4 Å². The zero-order chi connectivity index (χ0) is 17.7. The van der Waals surface area contributed by atoms with Crippen LogP contribution in [0, 0.1) is 18.6 Å². The Hall–Kier alpha value is -2.76. The highest BCUT2D eigenvalue weighted by Crippen LogP contribution is 2.33. The van der Waals surface area contributed by atoms with E-state index in [9.17, 15) is 13.6 Å². The molecular formula is C19H17F2N3O. The molecule has 2 heterocycles. The summed E-state index contributed by atoms with van der Waals surface area (Å²) in [5, 5.41) is 7.75. The summed E-state index contributed by atoms with van der Waals surface area (Å²) < 4.78 is 27.7. The molecule has 3 aromatic rings. The van der Waals surface area contributed by atoms with Crippen molar-refractivity contribution in [1.29, 1.82) is 0 Å². The Morgan fingerprint density at radius 3 is 2.88 bits per heavy atom. The average molecular weight is 341 g/mol. The Kier molecular flexibility index (Phi) is 3.56. The Balaban J connectivity index is 1.77. The molecule has 1 N–H and O–H groups in total. The molecule has 1 aliphatic heterocycles. The molecule has 0 aliphatic carbocycles. The van der Waals surface area contributed by atoms with Crippen molar-refractivity contribution in [2.75, 3.05) is 6.54 Å². The highest BCUT2D eigenvalue weighted by atomic mass is 19.1. The number of aromatic nitrogens is 2. The summed E-state index contributed by atoms with van der Waals surface area (Å²) in [6, 6.07) is 5.59. The third-order valence-electron chi connectivity index (χ3n) is 4.90. The van der Waals surface area contributed by atoms with E-state index in [0.717, 1.165) is 17.0 Å². The summed E-state index contributed by atoms with van der Waals surface area (Å²) in [6.07, 6.45) is 2.05. The standard InChI is InChI=1S/C19H17F2N3O/c1-10-5-12-9-22-23-18(12)16(6-10)19(25)24-4-3-14-15(11(24)2)7-13(20)8-17(14)21/h5-9,11H,3-4H2,1-2H3,(H,22,23). The van der Waals surface area contributed by atoms with Crippen LogP contribution in [0.25, 0.3) is 10.9 Å². The Morgan fingerprint density at radius 2 is 2.08 bits per heavy atom. The fraction of sp³-hybridized carbons (Fsp3) is 0.263. The highest BCUT2D eigenvalue weighted by Gasteiger charge is 2.31. The lowest BCUT2D eigenvalue weighted by Crippen LogP contribution is -2.39. The number of amides is 1. The van der Waals surface area contributed by atoms with Gasteiger partial charge in [0.05, 0.1) is 23.3 Å². The zero-order valence-corrected chi connectivity index (χ0v) is 13.9. The quantitative estimate of drug-likeness (QED) is 0.729. The summed E-state index contributed by atoms with van der Waals surface area (Å²) >= 11 is 0. The average Bonchev–Trinajstić information content (AvgIpc) is 3.02. The lowest BCUT2D eigenvalue weighted by atomic mass is 9.92. The van der Waals surface area contributed by atoms with Crippen molar-refractivity contribution >= 4 is 16.8 Å². The number of hydrogen-bond acceptors (Lipinski definition) is 2. The second kappa shape index (κ2) is 5.65. The lowest BCUT2D eigenvalue weighted by Gasteiger charge is -2.35.